The topological polar surface area (TPSA) is 66.8 Å². The third kappa shape index (κ3) is 3.56. The lowest BCUT2D eigenvalue weighted by Gasteiger charge is -2.24. The van der Waals surface area contributed by atoms with E-state index in [1.54, 1.807) is 32.1 Å². The molecule has 1 aliphatic rings. The van der Waals surface area contributed by atoms with E-state index in [4.69, 9.17) is 4.74 Å². The molecular formula is C15H21NO4S. The number of carbonyl (C=O) groups is 2. The van der Waals surface area contributed by atoms with Crippen molar-refractivity contribution in [3.8, 4) is 0 Å². The Morgan fingerprint density at radius 1 is 1.38 bits per heavy atom. The summed E-state index contributed by atoms with van der Waals surface area (Å²) in [5.74, 6) is -1.59. The van der Waals surface area contributed by atoms with Gasteiger partial charge in [0, 0.05) is 23.9 Å². The molecule has 2 atom stereocenters. The summed E-state index contributed by atoms with van der Waals surface area (Å²) in [5, 5.41) is 11.4. The maximum absolute atomic E-state index is 12.1. The number of amides is 1. The van der Waals surface area contributed by atoms with Gasteiger partial charge in [0.2, 0.25) is 0 Å². The molecule has 116 valence electrons. The minimum absolute atomic E-state index is 0.157. The van der Waals surface area contributed by atoms with E-state index in [0.29, 0.717) is 6.54 Å². The summed E-state index contributed by atoms with van der Waals surface area (Å²) in [5.41, 5.74) is 0.509. The maximum Gasteiger partial charge on any atom is 0.410 e. The van der Waals surface area contributed by atoms with Crippen LogP contribution in [0.4, 0.5) is 4.79 Å². The third-order valence-electron chi connectivity index (χ3n) is 3.53. The molecule has 5 nitrogen and oxygen atoms in total. The van der Waals surface area contributed by atoms with Crippen LogP contribution in [0.2, 0.25) is 0 Å². The van der Waals surface area contributed by atoms with Crippen molar-refractivity contribution in [1.29, 1.82) is 0 Å². The highest BCUT2D eigenvalue weighted by atomic mass is 32.1. The largest absolute Gasteiger partial charge is 0.481 e. The molecule has 1 aromatic heterocycles. The summed E-state index contributed by atoms with van der Waals surface area (Å²) >= 11 is 1.55. The number of ether oxygens (including phenoxy) is 1. The highest BCUT2D eigenvalue weighted by Gasteiger charge is 2.42. The van der Waals surface area contributed by atoms with E-state index in [1.807, 2.05) is 18.4 Å². The molecule has 1 saturated heterocycles. The summed E-state index contributed by atoms with van der Waals surface area (Å²) in [6.07, 6.45) is -0.439. The monoisotopic (exact) mass is 311 g/mol. The van der Waals surface area contributed by atoms with Crippen LogP contribution in [0.3, 0.4) is 0 Å². The minimum atomic E-state index is -0.862. The number of aliphatic carboxylic acids is 1. The van der Waals surface area contributed by atoms with Crippen LogP contribution in [0.5, 0.6) is 0 Å². The average Bonchev–Trinajstić information content (AvgIpc) is 2.91. The number of carbonyl (C=O) groups excluding carboxylic acids is 1. The minimum Gasteiger partial charge on any atom is -0.481 e. The van der Waals surface area contributed by atoms with Gasteiger partial charge in [-0.2, -0.15) is 0 Å². The van der Waals surface area contributed by atoms with Crippen molar-refractivity contribution in [1.82, 2.24) is 4.90 Å². The van der Waals surface area contributed by atoms with Gasteiger partial charge in [0.15, 0.2) is 0 Å². The zero-order valence-corrected chi connectivity index (χ0v) is 13.6. The Morgan fingerprint density at radius 3 is 2.52 bits per heavy atom. The van der Waals surface area contributed by atoms with E-state index >= 15 is 0 Å². The first-order chi connectivity index (χ1) is 9.69. The number of nitrogens with zero attached hydrogens (tertiary/aromatic N) is 1. The number of carboxylic acids is 1. The summed E-state index contributed by atoms with van der Waals surface area (Å²) in [7, 11) is 0. The Balaban J connectivity index is 2.18. The first kappa shape index (κ1) is 15.8. The molecular weight excluding hydrogens is 290 g/mol. The highest BCUT2D eigenvalue weighted by Crippen LogP contribution is 2.37. The van der Waals surface area contributed by atoms with Crippen molar-refractivity contribution in [3.63, 3.8) is 0 Å². The SMILES string of the molecule is Cc1ccsc1C1CN(C(=O)OC(C)(C)C)CC1C(=O)O. The van der Waals surface area contributed by atoms with Gasteiger partial charge in [-0.25, -0.2) is 4.79 Å². The lowest BCUT2D eigenvalue weighted by Crippen LogP contribution is -2.35. The fourth-order valence-electron chi connectivity index (χ4n) is 2.56. The normalized spacial score (nSPS) is 22.4. The number of hydrogen-bond acceptors (Lipinski definition) is 4. The van der Waals surface area contributed by atoms with Gasteiger partial charge in [-0.05, 0) is 44.7 Å². The summed E-state index contributed by atoms with van der Waals surface area (Å²) in [6, 6.07) is 1.98. The molecule has 1 aliphatic heterocycles. The van der Waals surface area contributed by atoms with Crippen LogP contribution in [-0.4, -0.2) is 40.8 Å². The second-order valence-electron chi connectivity index (χ2n) is 6.40. The predicted molar refractivity (Wildman–Crippen MR) is 80.7 cm³/mol. The van der Waals surface area contributed by atoms with E-state index < -0.39 is 23.6 Å². The van der Waals surface area contributed by atoms with Crippen LogP contribution in [0, 0.1) is 12.8 Å². The third-order valence-corrected chi connectivity index (χ3v) is 4.68. The number of likely N-dealkylation sites (tertiary alicyclic amines) is 1. The zero-order chi connectivity index (χ0) is 15.8. The zero-order valence-electron chi connectivity index (χ0n) is 12.8. The molecule has 1 amide bonds. The van der Waals surface area contributed by atoms with Crippen molar-refractivity contribution in [2.45, 2.75) is 39.2 Å². The van der Waals surface area contributed by atoms with Gasteiger partial charge in [-0.15, -0.1) is 11.3 Å². The molecule has 1 fully saturated rings. The Bertz CT molecular complexity index is 546. The second-order valence-corrected chi connectivity index (χ2v) is 7.35. The van der Waals surface area contributed by atoms with Gasteiger partial charge >= 0.3 is 12.1 Å². The summed E-state index contributed by atoms with van der Waals surface area (Å²) < 4.78 is 5.34. The molecule has 2 heterocycles. The Kier molecular flexibility index (Phi) is 4.27. The standard InChI is InChI=1S/C15H21NO4S/c1-9-5-6-21-12(9)10-7-16(8-11(10)13(17)18)14(19)20-15(2,3)4/h5-6,10-11H,7-8H2,1-4H3,(H,17,18). The Hall–Kier alpha value is -1.56. The molecule has 2 rings (SSSR count). The van der Waals surface area contributed by atoms with Crippen molar-refractivity contribution in [2.24, 2.45) is 5.92 Å². The first-order valence-electron chi connectivity index (χ1n) is 6.94. The Labute approximate surface area is 128 Å². The molecule has 0 bridgehead atoms. The van der Waals surface area contributed by atoms with Crippen LogP contribution >= 0.6 is 11.3 Å². The van der Waals surface area contributed by atoms with E-state index in [-0.39, 0.29) is 12.5 Å². The smallest absolute Gasteiger partial charge is 0.410 e. The van der Waals surface area contributed by atoms with Gasteiger partial charge in [-0.1, -0.05) is 0 Å². The quantitative estimate of drug-likeness (QED) is 0.911. The van der Waals surface area contributed by atoms with Gasteiger partial charge in [0.05, 0.1) is 5.92 Å². The number of hydrogen-bond donors (Lipinski definition) is 1. The molecule has 6 heteroatoms. The maximum atomic E-state index is 12.1. The Morgan fingerprint density at radius 2 is 2.05 bits per heavy atom. The number of rotatable bonds is 2. The molecule has 1 N–H and O–H groups in total. The van der Waals surface area contributed by atoms with Gasteiger partial charge in [-0.3, -0.25) is 4.79 Å². The van der Waals surface area contributed by atoms with Crippen molar-refractivity contribution < 1.29 is 19.4 Å². The first-order valence-corrected chi connectivity index (χ1v) is 7.81. The summed E-state index contributed by atoms with van der Waals surface area (Å²) in [6.45, 7) is 7.98. The molecule has 21 heavy (non-hydrogen) atoms. The van der Waals surface area contributed by atoms with Crippen LogP contribution in [-0.2, 0) is 9.53 Å². The molecule has 0 radical (unpaired) electrons. The lowest BCUT2D eigenvalue weighted by molar-refractivity contribution is -0.141. The molecule has 2 unspecified atom stereocenters. The van der Waals surface area contributed by atoms with Crippen LogP contribution < -0.4 is 0 Å². The summed E-state index contributed by atoms with van der Waals surface area (Å²) in [4.78, 5) is 26.2. The number of thiophene rings is 1. The fourth-order valence-corrected chi connectivity index (χ4v) is 3.65. The van der Waals surface area contributed by atoms with E-state index in [9.17, 15) is 14.7 Å². The average molecular weight is 311 g/mol. The number of carboxylic acid groups (broad SMARTS) is 1. The van der Waals surface area contributed by atoms with Crippen molar-refractivity contribution in [2.75, 3.05) is 13.1 Å². The van der Waals surface area contributed by atoms with Gasteiger partial charge in [0.1, 0.15) is 5.60 Å². The van der Waals surface area contributed by atoms with Crippen LogP contribution in [0.15, 0.2) is 11.4 Å². The van der Waals surface area contributed by atoms with Crippen molar-refractivity contribution >= 4 is 23.4 Å². The molecule has 1 aromatic rings. The molecule has 0 aromatic carbocycles. The lowest BCUT2D eigenvalue weighted by atomic mass is 9.93. The molecule has 0 spiro atoms. The second kappa shape index (κ2) is 5.67. The fraction of sp³-hybridized carbons (Fsp3) is 0.600. The molecule has 0 aliphatic carbocycles. The molecule has 0 saturated carbocycles. The van der Waals surface area contributed by atoms with Gasteiger partial charge < -0.3 is 14.7 Å². The van der Waals surface area contributed by atoms with E-state index in [0.717, 1.165) is 10.4 Å². The van der Waals surface area contributed by atoms with E-state index in [1.165, 1.54) is 4.90 Å². The predicted octanol–water partition coefficient (Wildman–Crippen LogP) is 3.09. The van der Waals surface area contributed by atoms with Crippen molar-refractivity contribution in [3.05, 3.63) is 21.9 Å². The van der Waals surface area contributed by atoms with Gasteiger partial charge in [0.25, 0.3) is 0 Å². The van der Waals surface area contributed by atoms with Crippen LogP contribution in [0.1, 0.15) is 37.1 Å². The number of aryl methyl sites for hydroxylation is 1. The van der Waals surface area contributed by atoms with E-state index in [2.05, 4.69) is 0 Å². The highest BCUT2D eigenvalue weighted by molar-refractivity contribution is 7.10. The van der Waals surface area contributed by atoms with Crippen LogP contribution in [0.25, 0.3) is 0 Å².